The molecule has 0 radical (unpaired) electrons. The molecule has 1 unspecified atom stereocenters. The Balaban J connectivity index is 0.00000288. The third-order valence-corrected chi connectivity index (χ3v) is 4.20. The zero-order chi connectivity index (χ0) is 16.9. The van der Waals surface area contributed by atoms with Gasteiger partial charge in [0.15, 0.2) is 5.96 Å². The average Bonchev–Trinajstić information content (AvgIpc) is 2.52. The first-order valence-corrected chi connectivity index (χ1v) is 8.17. The minimum absolute atomic E-state index is 0. The highest BCUT2D eigenvalue weighted by atomic mass is 127. The van der Waals surface area contributed by atoms with Gasteiger partial charge in [-0.05, 0) is 17.7 Å². The van der Waals surface area contributed by atoms with E-state index in [4.69, 9.17) is 5.73 Å². The molecular weight excluding hydrogens is 458 g/mol. The number of ether oxygens (including phenoxy) is 1. The van der Waals surface area contributed by atoms with Crippen LogP contribution in [0.5, 0.6) is 5.75 Å². The summed E-state index contributed by atoms with van der Waals surface area (Å²) in [5, 5.41) is 10.0. The maximum Gasteiger partial charge on any atom is 0.573 e. The number of hydrogen-bond acceptors (Lipinski definition) is 4. The Labute approximate surface area is 159 Å². The summed E-state index contributed by atoms with van der Waals surface area (Å²) in [5.74, 6) is 2.02. The van der Waals surface area contributed by atoms with Crippen LogP contribution in [0.3, 0.4) is 0 Å². The van der Waals surface area contributed by atoms with E-state index in [9.17, 15) is 18.3 Å². The molecule has 2 rings (SSSR count). The number of thioether (sulfide) groups is 1. The number of benzene rings is 1. The van der Waals surface area contributed by atoms with Gasteiger partial charge in [0.2, 0.25) is 0 Å². The van der Waals surface area contributed by atoms with Crippen molar-refractivity contribution >= 4 is 41.7 Å². The Hall–Kier alpha value is -0.880. The molecule has 1 fully saturated rings. The van der Waals surface area contributed by atoms with Gasteiger partial charge in [-0.15, -0.1) is 37.1 Å². The second kappa shape index (κ2) is 9.56. The number of aliphatic hydroxyl groups is 1. The molecule has 1 aromatic carbocycles. The summed E-state index contributed by atoms with van der Waals surface area (Å²) in [6.45, 7) is 1.69. The minimum Gasteiger partial charge on any atom is -0.406 e. The van der Waals surface area contributed by atoms with Crippen LogP contribution in [0, 0.1) is 0 Å². The maximum absolute atomic E-state index is 12.1. The second-order valence-electron chi connectivity index (χ2n) is 4.93. The van der Waals surface area contributed by atoms with E-state index >= 15 is 0 Å². The van der Waals surface area contributed by atoms with Crippen LogP contribution < -0.4 is 10.5 Å². The Kier molecular flexibility index (Phi) is 8.43. The molecule has 5 nitrogen and oxygen atoms in total. The van der Waals surface area contributed by atoms with E-state index in [0.29, 0.717) is 11.5 Å². The average molecular weight is 477 g/mol. The van der Waals surface area contributed by atoms with Crippen LogP contribution in [0.1, 0.15) is 11.7 Å². The van der Waals surface area contributed by atoms with Crippen LogP contribution in [0.4, 0.5) is 13.2 Å². The van der Waals surface area contributed by atoms with Crippen LogP contribution in [0.2, 0.25) is 0 Å². The summed E-state index contributed by atoms with van der Waals surface area (Å²) < 4.78 is 40.0. The van der Waals surface area contributed by atoms with E-state index in [-0.39, 0.29) is 36.3 Å². The van der Waals surface area contributed by atoms with Crippen molar-refractivity contribution in [2.75, 3.05) is 31.1 Å². The van der Waals surface area contributed by atoms with Crippen molar-refractivity contribution < 1.29 is 23.0 Å². The molecule has 1 aliphatic heterocycles. The predicted octanol–water partition coefficient (Wildman–Crippen LogP) is 2.60. The summed E-state index contributed by atoms with van der Waals surface area (Å²) in [6.07, 6.45) is -5.67. The number of hydrogen-bond donors (Lipinski definition) is 2. The lowest BCUT2D eigenvalue weighted by Crippen LogP contribution is -2.42. The first kappa shape index (κ1) is 21.2. The lowest BCUT2D eigenvalue weighted by Gasteiger charge is -2.27. The fraction of sp³-hybridized carbons (Fsp3) is 0.500. The fourth-order valence-electron chi connectivity index (χ4n) is 2.07. The minimum atomic E-state index is -4.73. The Morgan fingerprint density at radius 3 is 2.42 bits per heavy atom. The van der Waals surface area contributed by atoms with E-state index in [0.717, 1.165) is 36.7 Å². The Morgan fingerprint density at radius 1 is 1.29 bits per heavy atom. The largest absolute Gasteiger partial charge is 0.573 e. The highest BCUT2D eigenvalue weighted by Gasteiger charge is 2.31. The number of aliphatic hydroxyl groups excluding tert-OH is 1. The van der Waals surface area contributed by atoms with Crippen molar-refractivity contribution in [3.05, 3.63) is 29.8 Å². The lowest BCUT2D eigenvalue weighted by molar-refractivity contribution is -0.274. The van der Waals surface area contributed by atoms with Crippen LogP contribution >= 0.6 is 35.7 Å². The molecule has 1 heterocycles. The molecule has 1 saturated heterocycles. The SMILES string of the molecule is I.NC(=NCC(O)c1ccc(OC(F)(F)F)cc1)N1CCSCC1. The van der Waals surface area contributed by atoms with Gasteiger partial charge in [0.05, 0.1) is 12.6 Å². The van der Waals surface area contributed by atoms with E-state index in [1.165, 1.54) is 12.1 Å². The van der Waals surface area contributed by atoms with Crippen molar-refractivity contribution in [1.29, 1.82) is 0 Å². The first-order valence-electron chi connectivity index (χ1n) is 7.01. The van der Waals surface area contributed by atoms with Crippen molar-refractivity contribution in [3.63, 3.8) is 0 Å². The summed E-state index contributed by atoms with van der Waals surface area (Å²) in [4.78, 5) is 6.10. The van der Waals surface area contributed by atoms with Gasteiger partial charge in [0, 0.05) is 24.6 Å². The van der Waals surface area contributed by atoms with E-state index < -0.39 is 12.5 Å². The summed E-state index contributed by atoms with van der Waals surface area (Å²) in [5.41, 5.74) is 6.33. The molecule has 0 saturated carbocycles. The molecule has 1 atom stereocenters. The number of alkyl halides is 3. The van der Waals surface area contributed by atoms with Gasteiger partial charge in [-0.25, -0.2) is 0 Å². The second-order valence-corrected chi connectivity index (χ2v) is 6.16. The van der Waals surface area contributed by atoms with Crippen molar-refractivity contribution in [3.8, 4) is 5.75 Å². The molecule has 10 heteroatoms. The van der Waals surface area contributed by atoms with E-state index in [2.05, 4.69) is 9.73 Å². The van der Waals surface area contributed by atoms with Crippen LogP contribution in [0.25, 0.3) is 0 Å². The molecule has 136 valence electrons. The number of halogens is 4. The van der Waals surface area contributed by atoms with Crippen molar-refractivity contribution in [2.45, 2.75) is 12.5 Å². The molecule has 0 spiro atoms. The van der Waals surface area contributed by atoms with E-state index in [1.54, 1.807) is 0 Å². The fourth-order valence-corrected chi connectivity index (χ4v) is 2.97. The van der Waals surface area contributed by atoms with Gasteiger partial charge in [-0.2, -0.15) is 11.8 Å². The zero-order valence-electron chi connectivity index (χ0n) is 12.7. The predicted molar refractivity (Wildman–Crippen MR) is 98.9 cm³/mol. The van der Waals surface area contributed by atoms with E-state index in [1.807, 2.05) is 16.7 Å². The number of rotatable bonds is 4. The smallest absolute Gasteiger partial charge is 0.406 e. The van der Waals surface area contributed by atoms with Crippen LogP contribution in [-0.2, 0) is 0 Å². The number of guanidine groups is 1. The summed E-state index contributed by atoms with van der Waals surface area (Å²) in [6, 6.07) is 5.05. The third kappa shape index (κ3) is 6.93. The first-order chi connectivity index (χ1) is 10.8. The standard InChI is InChI=1S/C14H18F3N3O2S.HI/c15-14(16,17)22-11-3-1-10(2-4-11)12(21)9-19-13(18)20-5-7-23-8-6-20;/h1-4,12,21H,5-9H2,(H2,18,19);1H. The molecule has 1 aromatic rings. The van der Waals surface area contributed by atoms with Gasteiger partial charge in [-0.1, -0.05) is 12.1 Å². The number of nitrogens with two attached hydrogens (primary N) is 1. The Bertz CT molecular complexity index is 537. The zero-order valence-corrected chi connectivity index (χ0v) is 15.8. The quantitative estimate of drug-likeness (QED) is 0.397. The van der Waals surface area contributed by atoms with Crippen molar-refractivity contribution in [2.24, 2.45) is 10.7 Å². The highest BCUT2D eigenvalue weighted by molar-refractivity contribution is 14.0. The molecule has 0 aliphatic carbocycles. The van der Waals surface area contributed by atoms with Gasteiger partial charge < -0.3 is 20.5 Å². The number of nitrogens with zero attached hydrogens (tertiary/aromatic N) is 2. The molecule has 0 bridgehead atoms. The molecule has 0 aromatic heterocycles. The van der Waals surface area contributed by atoms with Gasteiger partial charge >= 0.3 is 6.36 Å². The molecule has 0 amide bonds. The van der Waals surface area contributed by atoms with Crippen molar-refractivity contribution in [1.82, 2.24) is 4.90 Å². The van der Waals surface area contributed by atoms with Crippen LogP contribution in [0.15, 0.2) is 29.3 Å². The highest BCUT2D eigenvalue weighted by Crippen LogP contribution is 2.24. The molecule has 1 aliphatic rings. The lowest BCUT2D eigenvalue weighted by atomic mass is 10.1. The number of aliphatic imine (C=N–C) groups is 1. The maximum atomic E-state index is 12.1. The van der Waals surface area contributed by atoms with Gasteiger partial charge in [0.1, 0.15) is 5.75 Å². The molecular formula is C14H19F3IN3O2S. The van der Waals surface area contributed by atoms with Gasteiger partial charge in [0.25, 0.3) is 0 Å². The van der Waals surface area contributed by atoms with Crippen LogP contribution in [-0.4, -0.2) is 53.5 Å². The molecule has 24 heavy (non-hydrogen) atoms. The molecule has 3 N–H and O–H groups in total. The summed E-state index contributed by atoms with van der Waals surface area (Å²) >= 11 is 1.85. The monoisotopic (exact) mass is 477 g/mol. The van der Waals surface area contributed by atoms with Gasteiger partial charge in [-0.3, -0.25) is 4.99 Å². The topological polar surface area (TPSA) is 71.1 Å². The summed E-state index contributed by atoms with van der Waals surface area (Å²) in [7, 11) is 0. The third-order valence-electron chi connectivity index (χ3n) is 3.26. The normalized spacial score (nSPS) is 17.2. The Morgan fingerprint density at radius 2 is 1.88 bits per heavy atom.